The van der Waals surface area contributed by atoms with Crippen LogP contribution in [0.2, 0.25) is 0 Å². The fourth-order valence-corrected chi connectivity index (χ4v) is 2.24. The van der Waals surface area contributed by atoms with Crippen LogP contribution in [0.25, 0.3) is 0 Å². The Morgan fingerprint density at radius 3 is 2.11 bits per heavy atom. The molecule has 1 aliphatic carbocycles. The summed E-state index contributed by atoms with van der Waals surface area (Å²) in [6.45, 7) is 7.10. The molecule has 0 N–H and O–H groups in total. The molecule has 0 bridgehead atoms. The Labute approximate surface area is 58.7 Å². The van der Waals surface area contributed by atoms with E-state index in [1.165, 1.54) is 19.3 Å². The lowest BCUT2D eigenvalue weighted by atomic mass is 9.96. The van der Waals surface area contributed by atoms with Crippen molar-refractivity contribution in [3.05, 3.63) is 0 Å². The van der Waals surface area contributed by atoms with Gasteiger partial charge in [0.2, 0.25) is 0 Å². The van der Waals surface area contributed by atoms with E-state index in [4.69, 9.17) is 0 Å². The summed E-state index contributed by atoms with van der Waals surface area (Å²) >= 11 is 0. The van der Waals surface area contributed by atoms with Crippen LogP contribution >= 0.6 is 0 Å². The molecular formula is C9H18. The van der Waals surface area contributed by atoms with Crippen molar-refractivity contribution in [1.29, 1.82) is 0 Å². The van der Waals surface area contributed by atoms with Gasteiger partial charge in [0, 0.05) is 0 Å². The number of hydrogen-bond donors (Lipinski definition) is 0. The summed E-state index contributed by atoms with van der Waals surface area (Å²) in [6.07, 6.45) is 4.35. The minimum atomic E-state index is 1.00. The second-order valence-corrected chi connectivity index (χ2v) is 3.72. The normalized spacial score (nSPS) is 43.7. The summed E-state index contributed by atoms with van der Waals surface area (Å²) in [5, 5.41) is 0. The molecule has 1 fully saturated rings. The zero-order chi connectivity index (χ0) is 6.85. The van der Waals surface area contributed by atoms with Crippen LogP contribution in [0.1, 0.15) is 40.0 Å². The van der Waals surface area contributed by atoms with E-state index >= 15 is 0 Å². The largest absolute Gasteiger partial charge is 0.0651 e. The molecule has 0 unspecified atom stereocenters. The van der Waals surface area contributed by atoms with Crippen LogP contribution in [0.5, 0.6) is 0 Å². The molecule has 9 heavy (non-hydrogen) atoms. The van der Waals surface area contributed by atoms with Gasteiger partial charge < -0.3 is 0 Å². The van der Waals surface area contributed by atoms with Crippen LogP contribution in [0.4, 0.5) is 0 Å². The molecule has 3 atom stereocenters. The molecule has 0 nitrogen and oxygen atoms in total. The fraction of sp³-hybridized carbons (Fsp3) is 1.00. The van der Waals surface area contributed by atoms with Crippen LogP contribution in [0.15, 0.2) is 0 Å². The smallest absolute Gasteiger partial charge is 0.0388 e. The van der Waals surface area contributed by atoms with Gasteiger partial charge >= 0.3 is 0 Å². The van der Waals surface area contributed by atoms with Crippen molar-refractivity contribution < 1.29 is 0 Å². The fourth-order valence-electron chi connectivity index (χ4n) is 2.24. The van der Waals surface area contributed by atoms with Gasteiger partial charge in [-0.25, -0.2) is 0 Å². The quantitative estimate of drug-likeness (QED) is 0.506. The zero-order valence-electron chi connectivity index (χ0n) is 6.85. The van der Waals surface area contributed by atoms with Gasteiger partial charge in [-0.2, -0.15) is 0 Å². The SMILES string of the molecule is CC[C@@H]1C[C@H](C)C[C@@H]1C. The summed E-state index contributed by atoms with van der Waals surface area (Å²) in [5.74, 6) is 3.05. The van der Waals surface area contributed by atoms with Crippen LogP contribution in [-0.4, -0.2) is 0 Å². The molecule has 0 aromatic heterocycles. The minimum Gasteiger partial charge on any atom is -0.0651 e. The van der Waals surface area contributed by atoms with Crippen molar-refractivity contribution in [1.82, 2.24) is 0 Å². The van der Waals surface area contributed by atoms with Gasteiger partial charge in [-0.15, -0.1) is 0 Å². The topological polar surface area (TPSA) is 0 Å². The van der Waals surface area contributed by atoms with Gasteiger partial charge in [0.05, 0.1) is 0 Å². The van der Waals surface area contributed by atoms with E-state index < -0.39 is 0 Å². The predicted molar refractivity (Wildman–Crippen MR) is 41.3 cm³/mol. The average Bonchev–Trinajstić information content (AvgIpc) is 2.10. The van der Waals surface area contributed by atoms with Crippen molar-refractivity contribution in [2.45, 2.75) is 40.0 Å². The molecule has 0 aromatic carbocycles. The van der Waals surface area contributed by atoms with Gasteiger partial charge in [0.1, 0.15) is 0 Å². The molecule has 0 saturated heterocycles. The summed E-state index contributed by atoms with van der Waals surface area (Å²) in [5.41, 5.74) is 0. The molecule has 0 amide bonds. The summed E-state index contributed by atoms with van der Waals surface area (Å²) in [4.78, 5) is 0. The highest BCUT2D eigenvalue weighted by Gasteiger charge is 2.26. The molecule has 0 radical (unpaired) electrons. The highest BCUT2D eigenvalue weighted by Crippen LogP contribution is 2.37. The molecule has 0 heterocycles. The second-order valence-electron chi connectivity index (χ2n) is 3.72. The number of rotatable bonds is 1. The highest BCUT2D eigenvalue weighted by molar-refractivity contribution is 4.77. The third kappa shape index (κ3) is 1.47. The second kappa shape index (κ2) is 2.72. The molecule has 0 spiro atoms. The summed E-state index contributed by atoms with van der Waals surface area (Å²) in [6, 6.07) is 0. The predicted octanol–water partition coefficient (Wildman–Crippen LogP) is 3.08. The van der Waals surface area contributed by atoms with Gasteiger partial charge in [-0.05, 0) is 30.6 Å². The van der Waals surface area contributed by atoms with Gasteiger partial charge in [0.25, 0.3) is 0 Å². The molecular weight excluding hydrogens is 108 g/mol. The molecule has 0 aliphatic heterocycles. The molecule has 0 heteroatoms. The molecule has 54 valence electrons. The Bertz CT molecular complexity index is 86.0. The van der Waals surface area contributed by atoms with Crippen LogP contribution in [0, 0.1) is 17.8 Å². The first-order valence-electron chi connectivity index (χ1n) is 4.24. The monoisotopic (exact) mass is 126 g/mol. The molecule has 0 aromatic rings. The van der Waals surface area contributed by atoms with Gasteiger partial charge in [-0.1, -0.05) is 27.2 Å². The van der Waals surface area contributed by atoms with E-state index in [9.17, 15) is 0 Å². The zero-order valence-corrected chi connectivity index (χ0v) is 6.85. The first-order chi connectivity index (χ1) is 4.24. The first kappa shape index (κ1) is 7.11. The third-order valence-corrected chi connectivity index (χ3v) is 2.81. The lowest BCUT2D eigenvalue weighted by molar-refractivity contribution is 0.406. The van der Waals surface area contributed by atoms with E-state index in [1.54, 1.807) is 0 Å². The van der Waals surface area contributed by atoms with E-state index in [-0.39, 0.29) is 0 Å². The summed E-state index contributed by atoms with van der Waals surface area (Å²) < 4.78 is 0. The third-order valence-electron chi connectivity index (χ3n) is 2.81. The Balaban J connectivity index is 2.38. The summed E-state index contributed by atoms with van der Waals surface area (Å²) in [7, 11) is 0. The number of hydrogen-bond acceptors (Lipinski definition) is 0. The van der Waals surface area contributed by atoms with Crippen LogP contribution < -0.4 is 0 Å². The van der Waals surface area contributed by atoms with Crippen molar-refractivity contribution in [3.63, 3.8) is 0 Å². The van der Waals surface area contributed by atoms with Crippen molar-refractivity contribution in [3.8, 4) is 0 Å². The molecule has 1 rings (SSSR count). The lowest BCUT2D eigenvalue weighted by Gasteiger charge is -2.10. The first-order valence-corrected chi connectivity index (χ1v) is 4.24. The molecule has 1 aliphatic rings. The van der Waals surface area contributed by atoms with E-state index in [0.717, 1.165) is 17.8 Å². The standard InChI is InChI=1S/C9H18/c1-4-9-6-7(2)5-8(9)3/h7-9H,4-6H2,1-3H3/t7-,8+,9-/m1/s1. The Morgan fingerprint density at radius 2 is 1.89 bits per heavy atom. The maximum Gasteiger partial charge on any atom is -0.0388 e. The maximum atomic E-state index is 2.40. The Kier molecular flexibility index (Phi) is 2.15. The van der Waals surface area contributed by atoms with Crippen LogP contribution in [-0.2, 0) is 0 Å². The van der Waals surface area contributed by atoms with Crippen molar-refractivity contribution in [2.75, 3.05) is 0 Å². The van der Waals surface area contributed by atoms with Gasteiger partial charge in [-0.3, -0.25) is 0 Å². The average molecular weight is 126 g/mol. The maximum absolute atomic E-state index is 2.40. The van der Waals surface area contributed by atoms with E-state index in [1.807, 2.05) is 0 Å². The Morgan fingerprint density at radius 1 is 1.22 bits per heavy atom. The van der Waals surface area contributed by atoms with E-state index in [0.29, 0.717) is 0 Å². The lowest BCUT2D eigenvalue weighted by Crippen LogP contribution is -2.00. The van der Waals surface area contributed by atoms with E-state index in [2.05, 4.69) is 20.8 Å². The van der Waals surface area contributed by atoms with Crippen molar-refractivity contribution in [2.24, 2.45) is 17.8 Å². The minimum absolute atomic E-state index is 1.00. The highest BCUT2D eigenvalue weighted by atomic mass is 14.3. The molecule has 1 saturated carbocycles. The van der Waals surface area contributed by atoms with Crippen molar-refractivity contribution >= 4 is 0 Å². The Hall–Kier alpha value is 0. The van der Waals surface area contributed by atoms with Gasteiger partial charge in [0.15, 0.2) is 0 Å². The van der Waals surface area contributed by atoms with Crippen LogP contribution in [0.3, 0.4) is 0 Å².